The van der Waals surface area contributed by atoms with Gasteiger partial charge in [0, 0.05) is 54.1 Å². The molecule has 17 nitrogen and oxygen atoms in total. The molecule has 2 rings (SSSR count). The second-order valence-corrected chi connectivity index (χ2v) is 9.72. The van der Waals surface area contributed by atoms with E-state index in [1.54, 1.807) is 45.0 Å². The Hall–Kier alpha value is -5.45. The Bertz CT molecular complexity index is 1370. The molecule has 250 valence electrons. The van der Waals surface area contributed by atoms with E-state index in [9.17, 15) is 32.3 Å². The van der Waals surface area contributed by atoms with Crippen LogP contribution in [0, 0.1) is 0 Å². The first-order chi connectivity index (χ1) is 21.5. The molecule has 0 saturated heterocycles. The summed E-state index contributed by atoms with van der Waals surface area (Å²) in [5, 5.41) is 14.6. The van der Waals surface area contributed by atoms with Crippen LogP contribution < -0.4 is 21.7 Å². The Kier molecular flexibility index (Phi) is 18.8. The number of aromatic nitrogens is 2. The minimum absolute atomic E-state index is 0.111. The van der Waals surface area contributed by atoms with Gasteiger partial charge in [0.1, 0.15) is 5.60 Å². The summed E-state index contributed by atoms with van der Waals surface area (Å²) in [7, 11) is 0. The number of alkyl carbamates (subject to hydrolysis) is 1. The Morgan fingerprint density at radius 1 is 0.870 bits per heavy atom. The maximum absolute atomic E-state index is 11.7. The largest absolute Gasteiger partial charge is 0.449 e. The molecule has 5 N–H and O–H groups in total. The molecule has 0 fully saturated rings. The van der Waals surface area contributed by atoms with Gasteiger partial charge in [0.15, 0.2) is 0 Å². The van der Waals surface area contributed by atoms with E-state index in [4.69, 9.17) is 21.5 Å². The third-order valence-electron chi connectivity index (χ3n) is 4.60. The number of alkyl halides is 3. The highest BCUT2D eigenvalue weighted by molar-refractivity contribution is 5.91. The van der Waals surface area contributed by atoms with Gasteiger partial charge in [-0.15, -0.1) is 0 Å². The van der Waals surface area contributed by atoms with E-state index in [0.717, 1.165) is 0 Å². The van der Waals surface area contributed by atoms with Crippen molar-refractivity contribution >= 4 is 35.1 Å². The second-order valence-electron chi connectivity index (χ2n) is 9.72. The van der Waals surface area contributed by atoms with Crippen LogP contribution >= 0.6 is 0 Å². The molecule has 20 heteroatoms. The quantitative estimate of drug-likeness (QED) is 0.144. The van der Waals surface area contributed by atoms with Crippen LogP contribution in [0.1, 0.15) is 51.9 Å². The first-order valence-electron chi connectivity index (χ1n) is 13.3. The van der Waals surface area contributed by atoms with Gasteiger partial charge in [-0.3, -0.25) is 24.4 Å². The van der Waals surface area contributed by atoms with E-state index in [0.29, 0.717) is 36.2 Å². The van der Waals surface area contributed by atoms with Crippen LogP contribution in [0.15, 0.2) is 46.9 Å². The van der Waals surface area contributed by atoms with E-state index in [1.807, 2.05) is 0 Å². The fourth-order valence-corrected chi connectivity index (χ4v) is 2.56. The van der Waals surface area contributed by atoms with Crippen LogP contribution in [-0.2, 0) is 32.2 Å². The molecule has 0 unspecified atom stereocenters. The van der Waals surface area contributed by atoms with E-state index >= 15 is 0 Å². The van der Waals surface area contributed by atoms with Gasteiger partial charge in [-0.25, -0.2) is 4.79 Å². The minimum Gasteiger partial charge on any atom is -0.444 e. The lowest BCUT2D eigenvalue weighted by atomic mass is 10.2. The topological polar surface area (TPSA) is 263 Å². The number of carbonyl (C=O) groups excluding carboxylic acids is 4. The molecule has 0 atom stereocenters. The summed E-state index contributed by atoms with van der Waals surface area (Å²) in [4.78, 5) is 57.0. The van der Waals surface area contributed by atoms with Gasteiger partial charge in [0.2, 0.25) is 17.6 Å². The molecular weight excluding hydrogens is 617 g/mol. The number of nitrogens with zero attached hydrogens (tertiary/aromatic N) is 8. The summed E-state index contributed by atoms with van der Waals surface area (Å²) < 4.78 is 37.5. The molecule has 2 aromatic rings. The number of carbonyl (C=O) groups is 4. The summed E-state index contributed by atoms with van der Waals surface area (Å²) in [5.41, 5.74) is 23.4. The molecule has 0 aliphatic heterocycles. The van der Waals surface area contributed by atoms with Crippen LogP contribution in [0.3, 0.4) is 0 Å². The lowest BCUT2D eigenvalue weighted by molar-refractivity contribution is -0.168. The fraction of sp³-hybridized carbons (Fsp3) is 0.462. The highest BCUT2D eigenvalue weighted by Crippen LogP contribution is 2.14. The number of nitrogens with two attached hydrogens (primary N) is 1. The molecule has 0 radical (unpaired) electrons. The molecule has 0 spiro atoms. The van der Waals surface area contributed by atoms with E-state index in [2.05, 4.69) is 46.0 Å². The summed E-state index contributed by atoms with van der Waals surface area (Å²) in [6.07, 6.45) is -1.83. The maximum atomic E-state index is 11.7. The first kappa shape index (κ1) is 40.5. The number of halogens is 3. The van der Waals surface area contributed by atoms with Crippen molar-refractivity contribution in [3.63, 3.8) is 0 Å². The van der Waals surface area contributed by atoms with Crippen molar-refractivity contribution in [1.82, 2.24) is 15.3 Å². The number of azide groups is 2. The Morgan fingerprint density at radius 3 is 1.63 bits per heavy atom. The average Bonchev–Trinajstić information content (AvgIpc) is 2.96. The smallest absolute Gasteiger partial charge is 0.444 e. The fourth-order valence-electron chi connectivity index (χ4n) is 2.56. The molecule has 0 bridgehead atoms. The predicted octanol–water partition coefficient (Wildman–Crippen LogP) is 5.06. The number of ether oxygens (including phenoxy) is 1. The highest BCUT2D eigenvalue weighted by atomic mass is 19.4. The molecule has 3 amide bonds. The summed E-state index contributed by atoms with van der Waals surface area (Å²) in [6, 6.07) is 6.70. The standard InChI is InChI=1S/C14H20N6O3.C9H12N6O.C3H3F3O/c1-14(2,3)23-13(22)16-7-6-12(21)19-11-5-4-10(17-8-11)9-18-20-15;10-4-3-9(16)14-8-2-1-7(12-5-8)6-13-15-11;1-2(7)3(4,5)6/h4-5,8H,6-7,9H2,1-3H3,(H,16,22)(H,19,21);1-2,5H,3-4,6,10H2,(H,14,16);1H3. The normalized spacial score (nSPS) is 10.2. The third kappa shape index (κ3) is 21.3. The highest BCUT2D eigenvalue weighted by Gasteiger charge is 2.33. The molecular formula is C26H35F3N12O5. The van der Waals surface area contributed by atoms with E-state index < -0.39 is 23.7 Å². The van der Waals surface area contributed by atoms with Crippen molar-refractivity contribution in [2.24, 2.45) is 16.0 Å². The molecule has 46 heavy (non-hydrogen) atoms. The number of amides is 3. The molecule has 0 saturated carbocycles. The summed E-state index contributed by atoms with van der Waals surface area (Å²) in [6.45, 7) is 6.61. The number of pyridine rings is 2. The van der Waals surface area contributed by atoms with Crippen LogP contribution in [-0.4, -0.2) is 58.5 Å². The number of rotatable bonds is 11. The number of hydrogen-bond donors (Lipinski definition) is 4. The monoisotopic (exact) mass is 652 g/mol. The third-order valence-corrected chi connectivity index (χ3v) is 4.60. The van der Waals surface area contributed by atoms with Crippen LogP contribution in [0.5, 0.6) is 0 Å². The van der Waals surface area contributed by atoms with Crippen LogP contribution in [0.4, 0.5) is 29.3 Å². The SMILES string of the molecule is CC(=O)C(F)(F)F.CC(C)(C)OC(=O)NCCC(=O)Nc1ccc(CN=[N+]=[N-])nc1.[N-]=[N+]=NCc1ccc(NC(=O)CCN)cn1. The Morgan fingerprint density at radius 2 is 1.30 bits per heavy atom. The predicted molar refractivity (Wildman–Crippen MR) is 161 cm³/mol. The second kappa shape index (κ2) is 21.3. The molecule has 0 aliphatic carbocycles. The van der Waals surface area contributed by atoms with Crippen molar-refractivity contribution < 1.29 is 37.1 Å². The van der Waals surface area contributed by atoms with Crippen molar-refractivity contribution in [1.29, 1.82) is 0 Å². The van der Waals surface area contributed by atoms with Crippen molar-refractivity contribution in [2.75, 3.05) is 23.7 Å². The number of hydrogen-bond acceptors (Lipinski definition) is 10. The zero-order chi connectivity index (χ0) is 35.2. The zero-order valence-electron chi connectivity index (χ0n) is 25.5. The molecule has 2 heterocycles. The van der Waals surface area contributed by atoms with Gasteiger partial charge in [-0.2, -0.15) is 13.2 Å². The van der Waals surface area contributed by atoms with Gasteiger partial charge in [-0.1, -0.05) is 10.2 Å². The van der Waals surface area contributed by atoms with Crippen molar-refractivity contribution in [3.8, 4) is 0 Å². The summed E-state index contributed by atoms with van der Waals surface area (Å²) >= 11 is 0. The van der Waals surface area contributed by atoms with Crippen LogP contribution in [0.25, 0.3) is 20.9 Å². The van der Waals surface area contributed by atoms with Crippen LogP contribution in [0.2, 0.25) is 0 Å². The molecule has 0 aromatic carbocycles. The number of anilines is 2. The lowest BCUT2D eigenvalue weighted by Crippen LogP contribution is -2.34. The van der Waals surface area contributed by atoms with E-state index in [-0.39, 0.29) is 44.3 Å². The molecule has 0 aliphatic rings. The average molecular weight is 653 g/mol. The van der Waals surface area contributed by atoms with Gasteiger partial charge < -0.3 is 26.4 Å². The zero-order valence-corrected chi connectivity index (χ0v) is 25.5. The van der Waals surface area contributed by atoms with Gasteiger partial charge in [0.25, 0.3) is 0 Å². The van der Waals surface area contributed by atoms with Crippen molar-refractivity contribution in [2.45, 2.75) is 65.4 Å². The molecule has 2 aromatic heterocycles. The Labute approximate surface area is 261 Å². The minimum atomic E-state index is -4.64. The number of Topliss-reactive ketones (excluding diaryl/α,β-unsaturated/α-hetero) is 1. The number of ketones is 1. The maximum Gasteiger partial charge on any atom is 0.449 e. The summed E-state index contributed by atoms with van der Waals surface area (Å²) in [5.74, 6) is -2.16. The van der Waals surface area contributed by atoms with Gasteiger partial charge in [0.05, 0.1) is 36.9 Å². The van der Waals surface area contributed by atoms with Gasteiger partial charge in [-0.05, 0) is 56.1 Å². The van der Waals surface area contributed by atoms with Gasteiger partial charge >= 0.3 is 12.3 Å². The number of nitrogens with one attached hydrogen (secondary N) is 3. The Balaban J connectivity index is 0.000000759. The first-order valence-corrected chi connectivity index (χ1v) is 13.3. The lowest BCUT2D eigenvalue weighted by Gasteiger charge is -2.19. The van der Waals surface area contributed by atoms with E-state index in [1.165, 1.54) is 12.4 Å². The van der Waals surface area contributed by atoms with Crippen molar-refractivity contribution in [3.05, 3.63) is 68.9 Å².